The van der Waals surface area contributed by atoms with Crippen molar-refractivity contribution < 1.29 is 13.8 Å². The number of aromatic nitrogens is 1. The van der Waals surface area contributed by atoms with Crippen molar-refractivity contribution in [2.75, 3.05) is 0 Å². The molecule has 0 N–H and O–H groups in total. The third kappa shape index (κ3) is 2.68. The van der Waals surface area contributed by atoms with Crippen LogP contribution in [-0.2, 0) is 9.31 Å². The van der Waals surface area contributed by atoms with Crippen LogP contribution in [0.2, 0.25) is 0 Å². The molecule has 2 heterocycles. The molecule has 1 fully saturated rings. The van der Waals surface area contributed by atoms with Gasteiger partial charge >= 0.3 is 7.12 Å². The molecule has 1 aliphatic rings. The molecular formula is C15H17BBrNO3. The van der Waals surface area contributed by atoms with Crippen molar-refractivity contribution >= 4 is 28.7 Å². The van der Waals surface area contributed by atoms with Gasteiger partial charge in [0.05, 0.1) is 11.2 Å². The summed E-state index contributed by atoms with van der Waals surface area (Å²) in [5, 5.41) is 4.11. The minimum absolute atomic E-state index is 0.387. The van der Waals surface area contributed by atoms with E-state index in [4.69, 9.17) is 13.8 Å². The highest BCUT2D eigenvalue weighted by molar-refractivity contribution is 9.10. The number of halogens is 1. The van der Waals surface area contributed by atoms with Crippen molar-refractivity contribution in [1.82, 2.24) is 5.16 Å². The van der Waals surface area contributed by atoms with Crippen LogP contribution in [0.3, 0.4) is 0 Å². The molecule has 0 saturated carbocycles. The van der Waals surface area contributed by atoms with Gasteiger partial charge in [-0.25, -0.2) is 0 Å². The van der Waals surface area contributed by atoms with E-state index in [2.05, 4.69) is 21.1 Å². The highest BCUT2D eigenvalue weighted by Crippen LogP contribution is 2.36. The zero-order valence-electron chi connectivity index (χ0n) is 12.5. The largest absolute Gasteiger partial charge is 0.535 e. The predicted octanol–water partition coefficient (Wildman–Crippen LogP) is 3.40. The van der Waals surface area contributed by atoms with Crippen LogP contribution in [0.15, 0.2) is 39.3 Å². The number of hydrogen-bond donors (Lipinski definition) is 0. The van der Waals surface area contributed by atoms with E-state index >= 15 is 0 Å². The highest BCUT2D eigenvalue weighted by atomic mass is 79.9. The number of rotatable bonds is 2. The van der Waals surface area contributed by atoms with Crippen molar-refractivity contribution in [3.05, 3.63) is 34.8 Å². The molecule has 0 amide bonds. The Labute approximate surface area is 133 Å². The van der Waals surface area contributed by atoms with Gasteiger partial charge in [0.2, 0.25) is 0 Å². The Morgan fingerprint density at radius 3 is 2.14 bits per heavy atom. The summed E-state index contributed by atoms with van der Waals surface area (Å²) in [6.45, 7) is 8.05. The van der Waals surface area contributed by atoms with Crippen LogP contribution in [-0.4, -0.2) is 23.5 Å². The van der Waals surface area contributed by atoms with E-state index < -0.39 is 7.12 Å². The van der Waals surface area contributed by atoms with Crippen LogP contribution in [0.4, 0.5) is 0 Å². The summed E-state index contributed by atoms with van der Waals surface area (Å²) in [7, 11) is -0.522. The second-order valence-electron chi connectivity index (χ2n) is 6.21. The van der Waals surface area contributed by atoms with Gasteiger partial charge < -0.3 is 13.8 Å². The van der Waals surface area contributed by atoms with E-state index in [1.807, 2.05) is 58.0 Å². The summed E-state index contributed by atoms with van der Waals surface area (Å²) in [6, 6.07) is 9.77. The summed E-state index contributed by atoms with van der Waals surface area (Å²) in [6.07, 6.45) is 0. The summed E-state index contributed by atoms with van der Waals surface area (Å²) in [5.41, 5.74) is 1.58. The maximum Gasteiger partial charge on any atom is 0.535 e. The summed E-state index contributed by atoms with van der Waals surface area (Å²) < 4.78 is 18.3. The van der Waals surface area contributed by atoms with E-state index in [-0.39, 0.29) is 11.2 Å². The molecule has 0 unspecified atom stereocenters. The quantitative estimate of drug-likeness (QED) is 0.779. The number of hydrogen-bond acceptors (Lipinski definition) is 4. The Balaban J connectivity index is 1.85. The van der Waals surface area contributed by atoms with Gasteiger partial charge in [-0.15, -0.1) is 0 Å². The van der Waals surface area contributed by atoms with E-state index in [1.54, 1.807) is 0 Å². The highest BCUT2D eigenvalue weighted by Gasteiger charge is 2.53. The van der Waals surface area contributed by atoms with Crippen LogP contribution in [0.25, 0.3) is 11.3 Å². The standard InChI is InChI=1S/C15H17BBrNO3/c1-14(2)15(3,4)21-16(20-14)13-9-12(18-19-13)10-5-7-11(17)8-6-10/h5-9H,1-4H3. The molecule has 2 aromatic rings. The minimum atomic E-state index is -0.522. The van der Waals surface area contributed by atoms with Gasteiger partial charge in [0.25, 0.3) is 0 Å². The molecule has 1 aromatic carbocycles. The van der Waals surface area contributed by atoms with Crippen LogP contribution >= 0.6 is 15.9 Å². The number of nitrogens with zero attached hydrogens (tertiary/aromatic N) is 1. The van der Waals surface area contributed by atoms with Gasteiger partial charge in [0.1, 0.15) is 5.69 Å². The third-order valence-electron chi connectivity index (χ3n) is 4.15. The van der Waals surface area contributed by atoms with Crippen molar-refractivity contribution in [3.8, 4) is 11.3 Å². The molecule has 0 bridgehead atoms. The molecule has 6 heteroatoms. The Morgan fingerprint density at radius 2 is 1.57 bits per heavy atom. The monoisotopic (exact) mass is 349 g/mol. The molecule has 1 saturated heterocycles. The molecule has 4 nitrogen and oxygen atoms in total. The summed E-state index contributed by atoms with van der Waals surface area (Å²) >= 11 is 3.42. The minimum Gasteiger partial charge on any atom is -0.397 e. The first-order valence-electron chi connectivity index (χ1n) is 6.87. The molecule has 0 radical (unpaired) electrons. The fourth-order valence-corrected chi connectivity index (χ4v) is 2.38. The molecule has 21 heavy (non-hydrogen) atoms. The fraction of sp³-hybridized carbons (Fsp3) is 0.400. The molecule has 110 valence electrons. The average Bonchev–Trinajstić information content (AvgIpc) is 2.94. The van der Waals surface area contributed by atoms with Crippen molar-refractivity contribution in [3.63, 3.8) is 0 Å². The third-order valence-corrected chi connectivity index (χ3v) is 4.68. The topological polar surface area (TPSA) is 44.5 Å². The normalized spacial score (nSPS) is 20.0. The van der Waals surface area contributed by atoms with Crippen LogP contribution < -0.4 is 5.66 Å². The molecule has 0 atom stereocenters. The van der Waals surface area contributed by atoms with Gasteiger partial charge in [-0.1, -0.05) is 33.2 Å². The van der Waals surface area contributed by atoms with Crippen LogP contribution in [0, 0.1) is 0 Å². The van der Waals surface area contributed by atoms with Gasteiger partial charge in [-0.05, 0) is 39.8 Å². The predicted molar refractivity (Wildman–Crippen MR) is 85.4 cm³/mol. The maximum atomic E-state index is 5.95. The molecule has 0 aliphatic carbocycles. The average molecular weight is 350 g/mol. The van der Waals surface area contributed by atoms with E-state index in [0.29, 0.717) is 5.66 Å². The SMILES string of the molecule is CC1(C)OB(c2cc(-c3ccc(Br)cc3)no2)OC1(C)C. The lowest BCUT2D eigenvalue weighted by Gasteiger charge is -2.32. The zero-order valence-corrected chi connectivity index (χ0v) is 14.1. The van der Waals surface area contributed by atoms with E-state index in [9.17, 15) is 0 Å². The molecule has 0 spiro atoms. The van der Waals surface area contributed by atoms with E-state index in [1.165, 1.54) is 0 Å². The molecule has 1 aromatic heterocycles. The maximum absolute atomic E-state index is 5.95. The molecule has 1 aliphatic heterocycles. The first kappa shape index (κ1) is 14.8. The first-order valence-corrected chi connectivity index (χ1v) is 7.66. The zero-order chi connectivity index (χ0) is 15.3. The second-order valence-corrected chi connectivity index (χ2v) is 7.13. The van der Waals surface area contributed by atoms with Gasteiger partial charge in [0, 0.05) is 16.1 Å². The summed E-state index contributed by atoms with van der Waals surface area (Å²) in [5.74, 6) is 0. The van der Waals surface area contributed by atoms with Gasteiger partial charge in [-0.2, -0.15) is 0 Å². The van der Waals surface area contributed by atoms with Crippen LogP contribution in [0.5, 0.6) is 0 Å². The van der Waals surface area contributed by atoms with Gasteiger partial charge in [-0.3, -0.25) is 0 Å². The Kier molecular flexibility index (Phi) is 3.51. The van der Waals surface area contributed by atoms with Crippen molar-refractivity contribution in [1.29, 1.82) is 0 Å². The smallest absolute Gasteiger partial charge is 0.397 e. The van der Waals surface area contributed by atoms with Crippen molar-refractivity contribution in [2.24, 2.45) is 0 Å². The summed E-state index contributed by atoms with van der Waals surface area (Å²) in [4.78, 5) is 0. The fourth-order valence-electron chi connectivity index (χ4n) is 2.12. The van der Waals surface area contributed by atoms with Gasteiger partial charge in [0.15, 0.2) is 5.66 Å². The Morgan fingerprint density at radius 1 is 1.00 bits per heavy atom. The molecular weight excluding hydrogens is 333 g/mol. The molecule has 3 rings (SSSR count). The van der Waals surface area contributed by atoms with Crippen LogP contribution in [0.1, 0.15) is 27.7 Å². The first-order chi connectivity index (χ1) is 9.78. The number of benzene rings is 1. The second kappa shape index (κ2) is 4.97. The Hall–Kier alpha value is -1.11. The van der Waals surface area contributed by atoms with Crippen molar-refractivity contribution in [2.45, 2.75) is 38.9 Å². The van der Waals surface area contributed by atoms with E-state index in [0.717, 1.165) is 15.7 Å². The Bertz CT molecular complexity index is 635. The lowest BCUT2D eigenvalue weighted by molar-refractivity contribution is 0.00578. The lowest BCUT2D eigenvalue weighted by Crippen LogP contribution is -2.41. The lowest BCUT2D eigenvalue weighted by atomic mass is 9.86.